The number of piperidine rings is 1. The van der Waals surface area contributed by atoms with E-state index in [1.54, 1.807) is 11.8 Å². The molecule has 0 radical (unpaired) electrons. The van der Waals surface area contributed by atoms with Crippen LogP contribution >= 0.6 is 0 Å². The maximum atomic E-state index is 12.3. The van der Waals surface area contributed by atoms with Crippen molar-refractivity contribution >= 4 is 12.0 Å². The lowest BCUT2D eigenvalue weighted by molar-refractivity contribution is -0.154. The lowest BCUT2D eigenvalue weighted by atomic mass is 9.95. The number of hydrogen-bond acceptors (Lipinski definition) is 4. The summed E-state index contributed by atoms with van der Waals surface area (Å²) < 4.78 is 5.09. The Morgan fingerprint density at radius 3 is 2.68 bits per heavy atom. The highest BCUT2D eigenvalue weighted by Crippen LogP contribution is 2.21. The molecule has 2 heterocycles. The SMILES string of the molecule is CC1(O)CCCN(C(=O)N2CCOC(C(=O)O)C2)C1. The maximum absolute atomic E-state index is 12.3. The number of likely N-dealkylation sites (tertiary alicyclic amines) is 1. The molecule has 0 bridgehead atoms. The summed E-state index contributed by atoms with van der Waals surface area (Å²) in [5.74, 6) is -1.05. The number of carboxylic acids is 1. The fraction of sp³-hybridized carbons (Fsp3) is 0.833. The molecule has 2 saturated heterocycles. The number of carboxylic acid groups (broad SMARTS) is 1. The Hall–Kier alpha value is -1.34. The van der Waals surface area contributed by atoms with E-state index in [1.165, 1.54) is 4.90 Å². The highest BCUT2D eigenvalue weighted by Gasteiger charge is 2.35. The molecule has 7 nitrogen and oxygen atoms in total. The quantitative estimate of drug-likeness (QED) is 0.686. The van der Waals surface area contributed by atoms with Crippen molar-refractivity contribution in [1.82, 2.24) is 9.80 Å². The molecular formula is C12H20N2O5. The minimum absolute atomic E-state index is 0.0623. The van der Waals surface area contributed by atoms with E-state index in [-0.39, 0.29) is 19.2 Å². The summed E-state index contributed by atoms with van der Waals surface area (Å²) in [6.07, 6.45) is 0.478. The number of morpholine rings is 1. The summed E-state index contributed by atoms with van der Waals surface area (Å²) in [6, 6.07) is -0.213. The normalized spacial score (nSPS) is 32.2. The molecule has 0 aromatic rings. The van der Waals surface area contributed by atoms with Crippen LogP contribution in [0.5, 0.6) is 0 Å². The molecule has 0 aromatic heterocycles. The van der Waals surface area contributed by atoms with Gasteiger partial charge in [0.25, 0.3) is 0 Å². The molecule has 2 atom stereocenters. The molecule has 0 aromatic carbocycles. The van der Waals surface area contributed by atoms with Gasteiger partial charge in [-0.1, -0.05) is 0 Å². The second-order valence-corrected chi connectivity index (χ2v) is 5.45. The third-order valence-electron chi connectivity index (χ3n) is 3.56. The third-order valence-corrected chi connectivity index (χ3v) is 3.56. The first-order valence-electron chi connectivity index (χ1n) is 6.50. The Morgan fingerprint density at radius 2 is 2.05 bits per heavy atom. The van der Waals surface area contributed by atoms with Crippen LogP contribution in [0.4, 0.5) is 4.79 Å². The van der Waals surface area contributed by atoms with E-state index in [0.717, 1.165) is 6.42 Å². The van der Waals surface area contributed by atoms with Gasteiger partial charge in [0.1, 0.15) is 0 Å². The summed E-state index contributed by atoms with van der Waals surface area (Å²) in [5, 5.41) is 18.9. The van der Waals surface area contributed by atoms with Crippen molar-refractivity contribution < 1.29 is 24.5 Å². The Kier molecular flexibility index (Phi) is 3.96. The number of carbonyl (C=O) groups excluding carboxylic acids is 1. The molecule has 2 fully saturated rings. The Balaban J connectivity index is 1.97. The van der Waals surface area contributed by atoms with Crippen molar-refractivity contribution in [3.63, 3.8) is 0 Å². The molecule has 2 N–H and O–H groups in total. The molecule has 19 heavy (non-hydrogen) atoms. The highest BCUT2D eigenvalue weighted by molar-refractivity contribution is 5.77. The van der Waals surface area contributed by atoms with E-state index in [0.29, 0.717) is 26.1 Å². The second kappa shape index (κ2) is 5.34. The highest BCUT2D eigenvalue weighted by atomic mass is 16.5. The van der Waals surface area contributed by atoms with Crippen LogP contribution in [0.2, 0.25) is 0 Å². The van der Waals surface area contributed by atoms with E-state index in [4.69, 9.17) is 9.84 Å². The molecule has 108 valence electrons. The van der Waals surface area contributed by atoms with Gasteiger partial charge in [-0.25, -0.2) is 9.59 Å². The van der Waals surface area contributed by atoms with Gasteiger partial charge in [0.15, 0.2) is 6.10 Å². The fourth-order valence-electron chi connectivity index (χ4n) is 2.56. The minimum atomic E-state index is -1.05. The van der Waals surface area contributed by atoms with Crippen LogP contribution < -0.4 is 0 Å². The zero-order valence-electron chi connectivity index (χ0n) is 11.0. The number of β-amino-alcohol motifs (C(OH)–C–C–N with tert-alkyl or cyclic N) is 1. The van der Waals surface area contributed by atoms with Gasteiger partial charge in [0, 0.05) is 13.1 Å². The molecule has 0 aliphatic carbocycles. The van der Waals surface area contributed by atoms with Gasteiger partial charge in [-0.3, -0.25) is 0 Å². The van der Waals surface area contributed by atoms with Crippen LogP contribution in [0, 0.1) is 0 Å². The molecule has 2 aliphatic heterocycles. The van der Waals surface area contributed by atoms with Gasteiger partial charge in [-0.2, -0.15) is 0 Å². The number of amides is 2. The average molecular weight is 272 g/mol. The fourth-order valence-corrected chi connectivity index (χ4v) is 2.56. The van der Waals surface area contributed by atoms with Gasteiger partial charge in [-0.15, -0.1) is 0 Å². The Bertz CT molecular complexity index is 371. The lowest BCUT2D eigenvalue weighted by Gasteiger charge is -2.40. The standard InChI is InChI=1S/C12H20N2O5/c1-12(18)3-2-4-14(8-12)11(17)13-5-6-19-9(7-13)10(15)16/h9,18H,2-8H2,1H3,(H,15,16). The number of rotatable bonds is 1. The summed E-state index contributed by atoms with van der Waals surface area (Å²) in [5.41, 5.74) is -0.855. The molecule has 2 rings (SSSR count). The summed E-state index contributed by atoms with van der Waals surface area (Å²) in [7, 11) is 0. The van der Waals surface area contributed by atoms with Gasteiger partial charge in [-0.05, 0) is 19.8 Å². The first-order valence-corrected chi connectivity index (χ1v) is 6.50. The number of ether oxygens (including phenoxy) is 1. The molecule has 2 amide bonds. The van der Waals surface area contributed by atoms with E-state index >= 15 is 0 Å². The predicted octanol–water partition coefficient (Wildman–Crippen LogP) is -0.261. The van der Waals surface area contributed by atoms with Gasteiger partial charge >= 0.3 is 12.0 Å². The summed E-state index contributed by atoms with van der Waals surface area (Å²) in [6.45, 7) is 3.29. The van der Waals surface area contributed by atoms with Crippen LogP contribution in [0.3, 0.4) is 0 Å². The molecule has 2 unspecified atom stereocenters. The number of nitrogens with zero attached hydrogens (tertiary/aromatic N) is 2. The van der Waals surface area contributed by atoms with Crippen LogP contribution in [0.15, 0.2) is 0 Å². The predicted molar refractivity (Wildman–Crippen MR) is 65.8 cm³/mol. The number of hydrogen-bond donors (Lipinski definition) is 2. The van der Waals surface area contributed by atoms with E-state index < -0.39 is 17.7 Å². The Morgan fingerprint density at radius 1 is 1.32 bits per heavy atom. The number of aliphatic hydroxyl groups is 1. The Labute approximate surface area is 111 Å². The number of urea groups is 1. The molecule has 0 spiro atoms. The molecule has 7 heteroatoms. The van der Waals surface area contributed by atoms with Crippen molar-refractivity contribution in [3.05, 3.63) is 0 Å². The van der Waals surface area contributed by atoms with Crippen LogP contribution in [-0.4, -0.2) is 76.5 Å². The molecular weight excluding hydrogens is 252 g/mol. The zero-order chi connectivity index (χ0) is 14.0. The van der Waals surface area contributed by atoms with Crippen molar-refractivity contribution in [3.8, 4) is 0 Å². The smallest absolute Gasteiger partial charge is 0.334 e. The van der Waals surface area contributed by atoms with Gasteiger partial charge < -0.3 is 24.7 Å². The largest absolute Gasteiger partial charge is 0.479 e. The average Bonchev–Trinajstić information content (AvgIpc) is 2.37. The van der Waals surface area contributed by atoms with E-state index in [9.17, 15) is 14.7 Å². The van der Waals surface area contributed by atoms with Gasteiger partial charge in [0.2, 0.25) is 0 Å². The van der Waals surface area contributed by atoms with Crippen LogP contribution in [0.25, 0.3) is 0 Å². The first-order chi connectivity index (χ1) is 8.89. The molecule has 0 saturated carbocycles. The van der Waals surface area contributed by atoms with E-state index in [1.807, 2.05) is 0 Å². The monoisotopic (exact) mass is 272 g/mol. The summed E-state index contributed by atoms with van der Waals surface area (Å²) in [4.78, 5) is 26.3. The van der Waals surface area contributed by atoms with Crippen molar-refractivity contribution in [1.29, 1.82) is 0 Å². The number of carbonyl (C=O) groups is 2. The lowest BCUT2D eigenvalue weighted by Crippen LogP contribution is -2.57. The van der Waals surface area contributed by atoms with Crippen molar-refractivity contribution in [2.45, 2.75) is 31.5 Å². The minimum Gasteiger partial charge on any atom is -0.479 e. The molecule has 2 aliphatic rings. The van der Waals surface area contributed by atoms with E-state index in [2.05, 4.69) is 0 Å². The first kappa shape index (κ1) is 14.1. The van der Waals surface area contributed by atoms with Crippen molar-refractivity contribution in [2.75, 3.05) is 32.8 Å². The maximum Gasteiger partial charge on any atom is 0.334 e. The topological polar surface area (TPSA) is 90.3 Å². The van der Waals surface area contributed by atoms with Crippen LogP contribution in [0.1, 0.15) is 19.8 Å². The zero-order valence-corrected chi connectivity index (χ0v) is 11.0. The van der Waals surface area contributed by atoms with Crippen molar-refractivity contribution in [2.24, 2.45) is 0 Å². The third kappa shape index (κ3) is 3.36. The van der Waals surface area contributed by atoms with Gasteiger partial charge in [0.05, 0.1) is 25.3 Å². The van der Waals surface area contributed by atoms with Crippen LogP contribution in [-0.2, 0) is 9.53 Å². The number of aliphatic carboxylic acids is 1. The second-order valence-electron chi connectivity index (χ2n) is 5.45. The summed E-state index contributed by atoms with van der Waals surface area (Å²) >= 11 is 0.